The van der Waals surface area contributed by atoms with E-state index in [1.54, 1.807) is 6.07 Å². The molecule has 0 aliphatic rings. The molecule has 114 valence electrons. The van der Waals surface area contributed by atoms with Gasteiger partial charge in [-0.15, -0.1) is 0 Å². The van der Waals surface area contributed by atoms with Crippen molar-refractivity contribution in [3.63, 3.8) is 0 Å². The first-order chi connectivity index (χ1) is 10.1. The molecule has 0 saturated heterocycles. The van der Waals surface area contributed by atoms with Crippen LogP contribution in [0.25, 0.3) is 0 Å². The highest BCUT2D eigenvalue weighted by Gasteiger charge is 2.16. The summed E-state index contributed by atoms with van der Waals surface area (Å²) in [5, 5.41) is 12.9. The molecule has 0 unspecified atom stereocenters. The third kappa shape index (κ3) is 3.81. The Morgan fingerprint density at radius 2 is 2.19 bits per heavy atom. The molecule has 0 atom stereocenters. The molecule has 0 radical (unpaired) electrons. The molecule has 0 aliphatic heterocycles. The molecule has 21 heavy (non-hydrogen) atoms. The number of ether oxygens (including phenoxy) is 1. The lowest BCUT2D eigenvalue weighted by atomic mass is 10.2. The van der Waals surface area contributed by atoms with Crippen LogP contribution < -0.4 is 9.46 Å². The van der Waals surface area contributed by atoms with Crippen LogP contribution in [0.3, 0.4) is 0 Å². The van der Waals surface area contributed by atoms with E-state index in [1.165, 1.54) is 24.5 Å². The van der Waals surface area contributed by atoms with E-state index >= 15 is 0 Å². The van der Waals surface area contributed by atoms with Crippen LogP contribution >= 0.6 is 0 Å². The van der Waals surface area contributed by atoms with Crippen molar-refractivity contribution >= 4 is 10.0 Å². The second-order valence-electron chi connectivity index (χ2n) is 4.18. The van der Waals surface area contributed by atoms with E-state index in [4.69, 9.17) is 4.74 Å². The Hall–Kier alpha value is -1.90. The highest BCUT2D eigenvalue weighted by atomic mass is 32.2. The summed E-state index contributed by atoms with van der Waals surface area (Å²) in [7, 11) is -3.70. The molecule has 2 rings (SSSR count). The van der Waals surface area contributed by atoms with Gasteiger partial charge in [-0.2, -0.15) is 0 Å². The fourth-order valence-corrected chi connectivity index (χ4v) is 2.77. The van der Waals surface area contributed by atoms with Crippen molar-refractivity contribution in [1.29, 1.82) is 0 Å². The molecule has 0 saturated carbocycles. The van der Waals surface area contributed by atoms with E-state index in [-0.39, 0.29) is 18.0 Å². The van der Waals surface area contributed by atoms with Crippen LogP contribution in [0.2, 0.25) is 0 Å². The van der Waals surface area contributed by atoms with Crippen LogP contribution in [-0.2, 0) is 23.2 Å². The van der Waals surface area contributed by atoms with Crippen molar-refractivity contribution in [2.45, 2.75) is 25.0 Å². The zero-order valence-electron chi connectivity index (χ0n) is 11.4. The zero-order valence-corrected chi connectivity index (χ0v) is 12.3. The number of hydrogen-bond acceptors (Lipinski definition) is 6. The Morgan fingerprint density at radius 3 is 2.81 bits per heavy atom. The Bertz CT molecular complexity index is 683. The van der Waals surface area contributed by atoms with Crippen LogP contribution in [0.15, 0.2) is 39.9 Å². The first-order valence-electron chi connectivity index (χ1n) is 6.32. The lowest BCUT2D eigenvalue weighted by Crippen LogP contribution is -2.23. The van der Waals surface area contributed by atoms with Crippen molar-refractivity contribution in [2.24, 2.45) is 0 Å². The van der Waals surface area contributed by atoms with Gasteiger partial charge >= 0.3 is 0 Å². The monoisotopic (exact) mass is 312 g/mol. The molecular weight excluding hydrogens is 296 g/mol. The summed E-state index contributed by atoms with van der Waals surface area (Å²) in [6.07, 6.45) is 1.37. The van der Waals surface area contributed by atoms with Gasteiger partial charge < -0.3 is 14.4 Å². The van der Waals surface area contributed by atoms with E-state index in [0.717, 1.165) is 0 Å². The standard InChI is InChI=1S/C13H16N2O5S/c1-2-19-13-4-3-12(7-10(13)9-16)21(17,18)14-8-11-5-6-20-15-11/h3-7,14,16H,2,8-9H2,1H3. The minimum Gasteiger partial charge on any atom is -0.494 e. The van der Waals surface area contributed by atoms with Crippen molar-refractivity contribution < 1.29 is 22.8 Å². The molecule has 1 aromatic heterocycles. The highest BCUT2D eigenvalue weighted by molar-refractivity contribution is 7.89. The van der Waals surface area contributed by atoms with Crippen molar-refractivity contribution in [3.05, 3.63) is 41.8 Å². The summed E-state index contributed by atoms with van der Waals surface area (Å²) in [5.74, 6) is 0.468. The topological polar surface area (TPSA) is 102 Å². The maximum Gasteiger partial charge on any atom is 0.240 e. The predicted molar refractivity (Wildman–Crippen MR) is 74.1 cm³/mol. The summed E-state index contributed by atoms with van der Waals surface area (Å²) in [6.45, 7) is 1.97. The zero-order chi connectivity index (χ0) is 15.3. The van der Waals surface area contributed by atoms with Gasteiger partial charge in [0.1, 0.15) is 12.0 Å². The Balaban J connectivity index is 2.19. The first-order valence-corrected chi connectivity index (χ1v) is 7.80. The molecule has 0 bridgehead atoms. The number of sulfonamides is 1. The maximum absolute atomic E-state index is 12.2. The van der Waals surface area contributed by atoms with Gasteiger partial charge in [0.15, 0.2) is 0 Å². The summed E-state index contributed by atoms with van der Waals surface area (Å²) < 4.78 is 36.7. The summed E-state index contributed by atoms with van der Waals surface area (Å²) in [4.78, 5) is 0.0542. The van der Waals surface area contributed by atoms with E-state index in [2.05, 4.69) is 14.4 Å². The van der Waals surface area contributed by atoms with Crippen LogP contribution in [0, 0.1) is 0 Å². The average Bonchev–Trinajstić information content (AvgIpc) is 2.99. The quantitative estimate of drug-likeness (QED) is 0.792. The number of hydrogen-bond donors (Lipinski definition) is 2. The van der Waals surface area contributed by atoms with Crippen molar-refractivity contribution in [3.8, 4) is 5.75 Å². The van der Waals surface area contributed by atoms with Crippen LogP contribution in [-0.4, -0.2) is 25.3 Å². The molecule has 0 amide bonds. The number of aliphatic hydroxyl groups is 1. The largest absolute Gasteiger partial charge is 0.494 e. The van der Waals surface area contributed by atoms with Gasteiger partial charge in [0.2, 0.25) is 10.0 Å². The number of benzene rings is 1. The minimum atomic E-state index is -3.70. The molecule has 1 aromatic carbocycles. The highest BCUT2D eigenvalue weighted by Crippen LogP contribution is 2.22. The van der Waals surface area contributed by atoms with Gasteiger partial charge in [-0.1, -0.05) is 5.16 Å². The smallest absolute Gasteiger partial charge is 0.240 e. The van der Waals surface area contributed by atoms with Crippen LogP contribution in [0.5, 0.6) is 5.75 Å². The number of aromatic nitrogens is 1. The Morgan fingerprint density at radius 1 is 1.38 bits per heavy atom. The van der Waals surface area contributed by atoms with Crippen molar-refractivity contribution in [1.82, 2.24) is 9.88 Å². The average molecular weight is 312 g/mol. The second kappa shape index (κ2) is 6.70. The minimum absolute atomic E-state index is 0.0283. The molecule has 0 aliphatic carbocycles. The van der Waals surface area contributed by atoms with Crippen LogP contribution in [0.1, 0.15) is 18.2 Å². The van der Waals surface area contributed by atoms with E-state index in [9.17, 15) is 13.5 Å². The Kier molecular flexibility index (Phi) is 4.94. The van der Waals surface area contributed by atoms with E-state index in [0.29, 0.717) is 23.6 Å². The van der Waals surface area contributed by atoms with E-state index in [1.807, 2.05) is 6.92 Å². The SMILES string of the molecule is CCOc1ccc(S(=O)(=O)NCc2ccon2)cc1CO. The number of nitrogens with zero attached hydrogens (tertiary/aromatic N) is 1. The van der Waals surface area contributed by atoms with Gasteiger partial charge in [0.05, 0.1) is 30.3 Å². The predicted octanol–water partition coefficient (Wildman–Crippen LogP) is 1.04. The first kappa shape index (κ1) is 15.5. The third-order valence-corrected chi connectivity index (χ3v) is 4.15. The van der Waals surface area contributed by atoms with Gasteiger partial charge in [-0.05, 0) is 25.1 Å². The molecule has 7 nitrogen and oxygen atoms in total. The molecule has 0 fully saturated rings. The molecule has 1 heterocycles. The van der Waals surface area contributed by atoms with Gasteiger partial charge in [-0.3, -0.25) is 0 Å². The fraction of sp³-hybridized carbons (Fsp3) is 0.308. The van der Waals surface area contributed by atoms with Gasteiger partial charge in [-0.25, -0.2) is 13.1 Å². The number of nitrogens with one attached hydrogen (secondary N) is 1. The maximum atomic E-state index is 12.2. The lowest BCUT2D eigenvalue weighted by Gasteiger charge is -2.11. The van der Waals surface area contributed by atoms with Gasteiger partial charge in [0, 0.05) is 11.6 Å². The summed E-state index contributed by atoms with van der Waals surface area (Å²) >= 11 is 0. The lowest BCUT2D eigenvalue weighted by molar-refractivity contribution is 0.266. The van der Waals surface area contributed by atoms with Gasteiger partial charge in [0.25, 0.3) is 0 Å². The second-order valence-corrected chi connectivity index (χ2v) is 5.94. The third-order valence-electron chi connectivity index (χ3n) is 2.75. The normalized spacial score (nSPS) is 11.5. The van der Waals surface area contributed by atoms with Crippen molar-refractivity contribution in [2.75, 3.05) is 6.61 Å². The molecule has 8 heteroatoms. The number of rotatable bonds is 7. The molecule has 2 N–H and O–H groups in total. The fourth-order valence-electron chi connectivity index (χ4n) is 1.72. The van der Waals surface area contributed by atoms with Crippen LogP contribution in [0.4, 0.5) is 0 Å². The Labute approximate surface area is 122 Å². The molecule has 2 aromatic rings. The van der Waals surface area contributed by atoms with E-state index < -0.39 is 10.0 Å². The molecule has 0 spiro atoms. The summed E-state index contributed by atoms with van der Waals surface area (Å²) in [6, 6.07) is 5.91. The summed E-state index contributed by atoms with van der Waals surface area (Å²) in [5.41, 5.74) is 0.896. The molecular formula is C13H16N2O5S. The number of aliphatic hydroxyl groups excluding tert-OH is 1.